The van der Waals surface area contributed by atoms with Crippen molar-refractivity contribution in [1.82, 2.24) is 0 Å². The molecule has 0 saturated carbocycles. The lowest BCUT2D eigenvalue weighted by atomic mass is 10.0. The number of hydrogen-bond donors (Lipinski definition) is 1. The second kappa shape index (κ2) is 5.10. The summed E-state index contributed by atoms with van der Waals surface area (Å²) in [6.07, 6.45) is 0.129. The number of carbonyl (C=O) groups is 2. The summed E-state index contributed by atoms with van der Waals surface area (Å²) in [7, 11) is 0. The third-order valence-electron chi connectivity index (χ3n) is 1.60. The van der Waals surface area contributed by atoms with Crippen LogP contribution in [0.3, 0.4) is 0 Å². The number of esters is 1. The van der Waals surface area contributed by atoms with E-state index in [2.05, 4.69) is 0 Å². The SMILES string of the molecule is CC(=O)C(CCO)C(=O)OC(C)(C)C. The van der Waals surface area contributed by atoms with Gasteiger partial charge in [0.05, 0.1) is 0 Å². The van der Waals surface area contributed by atoms with Crippen molar-refractivity contribution in [1.29, 1.82) is 0 Å². The van der Waals surface area contributed by atoms with Crippen LogP contribution in [0.4, 0.5) is 0 Å². The molecule has 0 aromatic carbocycles. The monoisotopic (exact) mass is 202 g/mol. The van der Waals surface area contributed by atoms with Crippen molar-refractivity contribution in [2.75, 3.05) is 6.61 Å². The van der Waals surface area contributed by atoms with Crippen LogP contribution in [-0.4, -0.2) is 29.1 Å². The summed E-state index contributed by atoms with van der Waals surface area (Å²) in [4.78, 5) is 22.5. The molecule has 1 N–H and O–H groups in total. The number of aliphatic hydroxyl groups excluding tert-OH is 1. The highest BCUT2D eigenvalue weighted by molar-refractivity contribution is 5.97. The summed E-state index contributed by atoms with van der Waals surface area (Å²) >= 11 is 0. The minimum atomic E-state index is -0.834. The quantitative estimate of drug-likeness (QED) is 0.543. The maximum Gasteiger partial charge on any atom is 0.317 e. The van der Waals surface area contributed by atoms with E-state index in [1.165, 1.54) is 6.92 Å². The van der Waals surface area contributed by atoms with Crippen LogP contribution in [0, 0.1) is 5.92 Å². The lowest BCUT2D eigenvalue weighted by molar-refractivity contribution is -0.162. The first-order valence-electron chi connectivity index (χ1n) is 4.62. The van der Waals surface area contributed by atoms with E-state index >= 15 is 0 Å². The second-order valence-electron chi connectivity index (χ2n) is 4.21. The van der Waals surface area contributed by atoms with E-state index in [4.69, 9.17) is 9.84 Å². The van der Waals surface area contributed by atoms with Crippen molar-refractivity contribution in [2.45, 2.75) is 39.7 Å². The molecule has 0 amide bonds. The Hall–Kier alpha value is -0.900. The zero-order chi connectivity index (χ0) is 11.4. The maximum absolute atomic E-state index is 11.4. The van der Waals surface area contributed by atoms with Gasteiger partial charge in [-0.2, -0.15) is 0 Å². The molecular weight excluding hydrogens is 184 g/mol. The van der Waals surface area contributed by atoms with Gasteiger partial charge in [-0.3, -0.25) is 9.59 Å². The number of ether oxygens (including phenoxy) is 1. The summed E-state index contributed by atoms with van der Waals surface area (Å²) in [6.45, 7) is 6.34. The van der Waals surface area contributed by atoms with Gasteiger partial charge in [0.2, 0.25) is 0 Å². The van der Waals surface area contributed by atoms with Crippen LogP contribution in [0.25, 0.3) is 0 Å². The van der Waals surface area contributed by atoms with Gasteiger partial charge in [0.25, 0.3) is 0 Å². The number of carbonyl (C=O) groups excluding carboxylic acids is 2. The molecule has 4 heteroatoms. The number of rotatable bonds is 4. The van der Waals surface area contributed by atoms with E-state index in [1.54, 1.807) is 20.8 Å². The van der Waals surface area contributed by atoms with Crippen molar-refractivity contribution in [3.8, 4) is 0 Å². The largest absolute Gasteiger partial charge is 0.459 e. The molecule has 0 spiro atoms. The predicted octanol–water partition coefficient (Wildman–Crippen LogP) is 0.916. The molecule has 0 radical (unpaired) electrons. The minimum absolute atomic E-state index is 0.129. The molecule has 0 aliphatic rings. The summed E-state index contributed by atoms with van der Waals surface area (Å²) in [5, 5.41) is 8.67. The predicted molar refractivity (Wildman–Crippen MR) is 51.7 cm³/mol. The maximum atomic E-state index is 11.4. The van der Waals surface area contributed by atoms with E-state index in [-0.39, 0.29) is 18.8 Å². The van der Waals surface area contributed by atoms with E-state index < -0.39 is 17.5 Å². The Bertz CT molecular complexity index is 215. The standard InChI is InChI=1S/C10H18O4/c1-7(12)8(5-6-11)9(13)14-10(2,3)4/h8,11H,5-6H2,1-4H3. The zero-order valence-electron chi connectivity index (χ0n) is 9.16. The molecule has 82 valence electrons. The first-order chi connectivity index (χ1) is 6.28. The summed E-state index contributed by atoms with van der Waals surface area (Å²) in [6, 6.07) is 0. The average molecular weight is 202 g/mol. The average Bonchev–Trinajstić information content (AvgIpc) is 1.95. The van der Waals surface area contributed by atoms with E-state index in [1.807, 2.05) is 0 Å². The fraction of sp³-hybridized carbons (Fsp3) is 0.800. The Balaban J connectivity index is 4.38. The molecule has 0 heterocycles. The van der Waals surface area contributed by atoms with Crippen LogP contribution in [0.15, 0.2) is 0 Å². The van der Waals surface area contributed by atoms with Gasteiger partial charge in [-0.1, -0.05) is 0 Å². The van der Waals surface area contributed by atoms with E-state index in [9.17, 15) is 9.59 Å². The Morgan fingerprint density at radius 1 is 1.36 bits per heavy atom. The van der Waals surface area contributed by atoms with Crippen molar-refractivity contribution in [3.05, 3.63) is 0 Å². The van der Waals surface area contributed by atoms with Gasteiger partial charge in [0.1, 0.15) is 17.3 Å². The lowest BCUT2D eigenvalue weighted by Gasteiger charge is -2.22. The van der Waals surface area contributed by atoms with Gasteiger partial charge in [-0.05, 0) is 34.1 Å². The van der Waals surface area contributed by atoms with Gasteiger partial charge < -0.3 is 9.84 Å². The molecule has 4 nitrogen and oxygen atoms in total. The van der Waals surface area contributed by atoms with Crippen LogP contribution in [0.5, 0.6) is 0 Å². The number of ketones is 1. The normalized spacial score (nSPS) is 13.5. The highest BCUT2D eigenvalue weighted by Crippen LogP contribution is 2.14. The summed E-state index contributed by atoms with van der Waals surface area (Å²) in [5.41, 5.74) is -0.597. The Morgan fingerprint density at radius 2 is 1.86 bits per heavy atom. The van der Waals surface area contributed by atoms with Crippen molar-refractivity contribution >= 4 is 11.8 Å². The number of hydrogen-bond acceptors (Lipinski definition) is 4. The van der Waals surface area contributed by atoms with Crippen LogP contribution in [-0.2, 0) is 14.3 Å². The fourth-order valence-electron chi connectivity index (χ4n) is 0.989. The topological polar surface area (TPSA) is 63.6 Å². The van der Waals surface area contributed by atoms with Crippen LogP contribution >= 0.6 is 0 Å². The zero-order valence-corrected chi connectivity index (χ0v) is 9.16. The van der Waals surface area contributed by atoms with Gasteiger partial charge in [0, 0.05) is 6.61 Å². The van der Waals surface area contributed by atoms with E-state index in [0.29, 0.717) is 0 Å². The Morgan fingerprint density at radius 3 is 2.14 bits per heavy atom. The third-order valence-corrected chi connectivity index (χ3v) is 1.60. The van der Waals surface area contributed by atoms with Gasteiger partial charge in [0.15, 0.2) is 0 Å². The Kier molecular flexibility index (Phi) is 4.77. The molecule has 0 rings (SSSR count). The lowest BCUT2D eigenvalue weighted by Crippen LogP contribution is -2.32. The highest BCUT2D eigenvalue weighted by atomic mass is 16.6. The molecule has 0 aliphatic heterocycles. The summed E-state index contributed by atoms with van der Waals surface area (Å²) < 4.78 is 5.04. The molecule has 0 aliphatic carbocycles. The number of Topliss-reactive ketones (excluding diaryl/α,β-unsaturated/α-hetero) is 1. The van der Waals surface area contributed by atoms with Crippen LogP contribution in [0.2, 0.25) is 0 Å². The highest BCUT2D eigenvalue weighted by Gasteiger charge is 2.27. The molecule has 0 bridgehead atoms. The van der Waals surface area contributed by atoms with Crippen LogP contribution < -0.4 is 0 Å². The van der Waals surface area contributed by atoms with Gasteiger partial charge in [-0.25, -0.2) is 0 Å². The fourth-order valence-corrected chi connectivity index (χ4v) is 0.989. The summed E-state index contributed by atoms with van der Waals surface area (Å²) in [5.74, 6) is -1.66. The van der Waals surface area contributed by atoms with Crippen molar-refractivity contribution in [2.24, 2.45) is 5.92 Å². The molecule has 1 atom stereocenters. The molecule has 0 aromatic heterocycles. The second-order valence-corrected chi connectivity index (χ2v) is 4.21. The minimum Gasteiger partial charge on any atom is -0.459 e. The smallest absolute Gasteiger partial charge is 0.317 e. The third kappa shape index (κ3) is 4.97. The van der Waals surface area contributed by atoms with Crippen molar-refractivity contribution < 1.29 is 19.4 Å². The van der Waals surface area contributed by atoms with Crippen molar-refractivity contribution in [3.63, 3.8) is 0 Å². The molecule has 0 fully saturated rings. The molecule has 0 aromatic rings. The molecular formula is C10H18O4. The molecule has 14 heavy (non-hydrogen) atoms. The first-order valence-corrected chi connectivity index (χ1v) is 4.62. The van der Waals surface area contributed by atoms with Gasteiger partial charge >= 0.3 is 5.97 Å². The van der Waals surface area contributed by atoms with E-state index in [0.717, 1.165) is 0 Å². The first kappa shape index (κ1) is 13.1. The van der Waals surface area contributed by atoms with Crippen LogP contribution in [0.1, 0.15) is 34.1 Å². The molecule has 1 unspecified atom stereocenters. The number of aliphatic hydroxyl groups is 1. The Labute approximate surface area is 84.3 Å². The molecule has 0 saturated heterocycles. The van der Waals surface area contributed by atoms with Gasteiger partial charge in [-0.15, -0.1) is 0 Å².